The molecule has 0 saturated carbocycles. The van der Waals surface area contributed by atoms with Gasteiger partial charge in [0, 0.05) is 16.3 Å². The largest absolute Gasteiger partial charge is 0.319 e. The topological polar surface area (TPSA) is 59.8 Å². The molecule has 5 nitrogen and oxygen atoms in total. The van der Waals surface area contributed by atoms with Gasteiger partial charge in [0.2, 0.25) is 5.82 Å². The Morgan fingerprint density at radius 1 is 0.933 bits per heavy atom. The fourth-order valence-electron chi connectivity index (χ4n) is 3.34. The van der Waals surface area contributed by atoms with Crippen LogP contribution in [-0.4, -0.2) is 20.7 Å². The van der Waals surface area contributed by atoms with E-state index >= 15 is 0 Å². The summed E-state index contributed by atoms with van der Waals surface area (Å²) in [5.74, 6) is 0.283. The van der Waals surface area contributed by atoms with Crippen molar-refractivity contribution in [1.82, 2.24) is 14.8 Å². The lowest BCUT2D eigenvalue weighted by molar-refractivity contribution is 0.101. The summed E-state index contributed by atoms with van der Waals surface area (Å²) in [4.78, 5) is 17.6. The van der Waals surface area contributed by atoms with Crippen LogP contribution in [0.3, 0.4) is 0 Å². The number of nitrogens with one attached hydrogen (secondary N) is 1. The van der Waals surface area contributed by atoms with Crippen LogP contribution >= 0.6 is 11.6 Å². The highest BCUT2D eigenvalue weighted by atomic mass is 35.5. The van der Waals surface area contributed by atoms with Crippen molar-refractivity contribution < 1.29 is 4.79 Å². The van der Waals surface area contributed by atoms with Gasteiger partial charge < -0.3 is 5.32 Å². The first-order chi connectivity index (χ1) is 14.4. The second-order valence-electron chi connectivity index (χ2n) is 7.24. The maximum absolute atomic E-state index is 13.0. The smallest absolute Gasteiger partial charge is 0.295 e. The van der Waals surface area contributed by atoms with Crippen molar-refractivity contribution >= 4 is 23.2 Å². The first-order valence-electron chi connectivity index (χ1n) is 9.60. The van der Waals surface area contributed by atoms with E-state index in [4.69, 9.17) is 11.6 Å². The Morgan fingerprint density at radius 2 is 1.63 bits per heavy atom. The molecular weight excluding hydrogens is 396 g/mol. The number of carbonyl (C=O) groups is 1. The van der Waals surface area contributed by atoms with Gasteiger partial charge in [0.25, 0.3) is 5.91 Å². The highest BCUT2D eigenvalue weighted by Crippen LogP contribution is 2.25. The van der Waals surface area contributed by atoms with E-state index < -0.39 is 0 Å². The van der Waals surface area contributed by atoms with Gasteiger partial charge in [0.1, 0.15) is 0 Å². The van der Waals surface area contributed by atoms with Gasteiger partial charge in [-0.1, -0.05) is 54.1 Å². The molecule has 1 N–H and O–H groups in total. The van der Waals surface area contributed by atoms with Gasteiger partial charge in [-0.2, -0.15) is 0 Å². The number of nitrogens with zero attached hydrogens (tertiary/aromatic N) is 3. The molecule has 1 heterocycles. The van der Waals surface area contributed by atoms with Crippen LogP contribution in [0.5, 0.6) is 0 Å². The van der Waals surface area contributed by atoms with Crippen molar-refractivity contribution in [2.24, 2.45) is 0 Å². The summed E-state index contributed by atoms with van der Waals surface area (Å²) in [6, 6.07) is 21.1. The van der Waals surface area contributed by atoms with Crippen LogP contribution in [0.15, 0.2) is 66.7 Å². The Morgan fingerprint density at radius 3 is 2.33 bits per heavy atom. The van der Waals surface area contributed by atoms with Gasteiger partial charge >= 0.3 is 0 Å². The average Bonchev–Trinajstić information content (AvgIpc) is 3.16. The zero-order valence-electron chi connectivity index (χ0n) is 17.0. The Kier molecular flexibility index (Phi) is 5.38. The van der Waals surface area contributed by atoms with E-state index in [2.05, 4.69) is 15.4 Å². The number of carbonyl (C=O) groups excluding carboxylic acids is 1. The molecule has 0 spiro atoms. The van der Waals surface area contributed by atoms with Crippen LogP contribution in [0.25, 0.3) is 17.1 Å². The molecular formula is C24H21ClN4O. The van der Waals surface area contributed by atoms with Crippen LogP contribution < -0.4 is 5.32 Å². The summed E-state index contributed by atoms with van der Waals surface area (Å²) in [7, 11) is 0. The molecule has 0 bridgehead atoms. The zero-order valence-corrected chi connectivity index (χ0v) is 17.7. The second kappa shape index (κ2) is 8.13. The SMILES string of the molecule is Cc1cccc(-n2nc(C(=O)Nc3c(C)cccc3C)nc2-c2cccc(Cl)c2)c1. The van der Waals surface area contributed by atoms with Gasteiger partial charge in [-0.05, 0) is 61.7 Å². The number of hydrogen-bond acceptors (Lipinski definition) is 3. The minimum atomic E-state index is -0.359. The zero-order chi connectivity index (χ0) is 21.3. The number of anilines is 1. The maximum Gasteiger partial charge on any atom is 0.295 e. The van der Waals surface area contributed by atoms with E-state index in [1.807, 2.05) is 81.4 Å². The lowest BCUT2D eigenvalue weighted by Crippen LogP contribution is -2.16. The first-order valence-corrected chi connectivity index (χ1v) is 9.98. The monoisotopic (exact) mass is 416 g/mol. The van der Waals surface area contributed by atoms with Gasteiger partial charge in [0.05, 0.1) is 5.69 Å². The summed E-state index contributed by atoms with van der Waals surface area (Å²) in [6.07, 6.45) is 0. The van der Waals surface area contributed by atoms with Crippen LogP contribution in [0.2, 0.25) is 5.02 Å². The van der Waals surface area contributed by atoms with Crippen molar-refractivity contribution in [2.75, 3.05) is 5.32 Å². The summed E-state index contributed by atoms with van der Waals surface area (Å²) in [5.41, 5.74) is 5.43. The van der Waals surface area contributed by atoms with Crippen LogP contribution in [0.1, 0.15) is 27.3 Å². The summed E-state index contributed by atoms with van der Waals surface area (Å²) >= 11 is 6.19. The molecule has 1 aromatic heterocycles. The predicted octanol–water partition coefficient (Wildman–Crippen LogP) is 5.77. The summed E-state index contributed by atoms with van der Waals surface area (Å²) in [5, 5.41) is 8.08. The van der Waals surface area contributed by atoms with Crippen LogP contribution in [-0.2, 0) is 0 Å². The Hall–Kier alpha value is -3.44. The molecule has 6 heteroatoms. The Labute approximate surface area is 180 Å². The van der Waals surface area contributed by atoms with E-state index in [0.717, 1.165) is 33.6 Å². The van der Waals surface area contributed by atoms with Crippen LogP contribution in [0, 0.1) is 20.8 Å². The molecule has 1 amide bonds. The quantitative estimate of drug-likeness (QED) is 0.459. The highest BCUT2D eigenvalue weighted by Gasteiger charge is 2.20. The van der Waals surface area contributed by atoms with E-state index in [1.165, 1.54) is 0 Å². The summed E-state index contributed by atoms with van der Waals surface area (Å²) < 4.78 is 1.68. The summed E-state index contributed by atoms with van der Waals surface area (Å²) in [6.45, 7) is 5.92. The fraction of sp³-hybridized carbons (Fsp3) is 0.125. The molecule has 30 heavy (non-hydrogen) atoms. The molecule has 0 aliphatic heterocycles. The number of aryl methyl sites for hydroxylation is 3. The molecule has 4 aromatic rings. The first kappa shape index (κ1) is 19.9. The van der Waals surface area contributed by atoms with Crippen molar-refractivity contribution in [3.63, 3.8) is 0 Å². The van der Waals surface area contributed by atoms with Crippen molar-refractivity contribution in [2.45, 2.75) is 20.8 Å². The normalized spacial score (nSPS) is 10.8. The van der Waals surface area contributed by atoms with Crippen molar-refractivity contribution in [3.05, 3.63) is 94.3 Å². The number of aromatic nitrogens is 3. The molecule has 3 aromatic carbocycles. The molecule has 0 radical (unpaired) electrons. The van der Waals surface area contributed by atoms with E-state index in [0.29, 0.717) is 10.8 Å². The van der Waals surface area contributed by atoms with Gasteiger partial charge in [-0.3, -0.25) is 4.79 Å². The molecule has 0 unspecified atom stereocenters. The molecule has 0 aliphatic carbocycles. The maximum atomic E-state index is 13.0. The highest BCUT2D eigenvalue weighted by molar-refractivity contribution is 6.30. The number of amides is 1. The van der Waals surface area contributed by atoms with Crippen molar-refractivity contribution in [1.29, 1.82) is 0 Å². The molecule has 0 aliphatic rings. The number of halogens is 1. The predicted molar refractivity (Wildman–Crippen MR) is 120 cm³/mol. The molecule has 0 saturated heterocycles. The van der Waals surface area contributed by atoms with E-state index in [1.54, 1.807) is 10.7 Å². The third kappa shape index (κ3) is 3.98. The van der Waals surface area contributed by atoms with Crippen LogP contribution in [0.4, 0.5) is 5.69 Å². The number of para-hydroxylation sites is 1. The fourth-order valence-corrected chi connectivity index (χ4v) is 3.53. The third-order valence-corrected chi connectivity index (χ3v) is 5.09. The lowest BCUT2D eigenvalue weighted by Gasteiger charge is -2.09. The molecule has 0 atom stereocenters. The lowest BCUT2D eigenvalue weighted by atomic mass is 10.1. The van der Waals surface area contributed by atoms with Gasteiger partial charge in [-0.15, -0.1) is 5.10 Å². The van der Waals surface area contributed by atoms with Gasteiger partial charge in [0.15, 0.2) is 5.82 Å². The molecule has 150 valence electrons. The Balaban J connectivity index is 1.80. The number of benzene rings is 3. The molecule has 0 fully saturated rings. The number of rotatable bonds is 4. The standard InChI is InChI=1S/C24H21ClN4O/c1-15-7-4-12-20(13-15)29-23(18-10-6-11-19(25)14-18)27-22(28-29)24(30)26-21-16(2)8-5-9-17(21)3/h4-14H,1-3H3,(H,26,30). The van der Waals surface area contributed by atoms with Gasteiger partial charge in [-0.25, -0.2) is 9.67 Å². The minimum absolute atomic E-state index is 0.0918. The Bertz CT molecular complexity index is 1160. The minimum Gasteiger partial charge on any atom is -0.319 e. The number of hydrogen-bond donors (Lipinski definition) is 1. The molecule has 4 rings (SSSR count). The average molecular weight is 417 g/mol. The third-order valence-electron chi connectivity index (χ3n) is 4.86. The van der Waals surface area contributed by atoms with Crippen molar-refractivity contribution in [3.8, 4) is 17.1 Å². The second-order valence-corrected chi connectivity index (χ2v) is 7.68. The van der Waals surface area contributed by atoms with E-state index in [9.17, 15) is 4.79 Å². The van der Waals surface area contributed by atoms with E-state index in [-0.39, 0.29) is 11.7 Å².